The lowest BCUT2D eigenvalue weighted by Gasteiger charge is -2.40. The Kier molecular flexibility index (Phi) is 10.7. The fourth-order valence-electron chi connectivity index (χ4n) is 7.53. The van der Waals surface area contributed by atoms with Crippen LogP contribution in [0.25, 0.3) is 0 Å². The van der Waals surface area contributed by atoms with Gasteiger partial charge in [0.2, 0.25) is 11.8 Å². The van der Waals surface area contributed by atoms with Crippen molar-refractivity contribution in [1.82, 2.24) is 9.80 Å². The van der Waals surface area contributed by atoms with E-state index in [-0.39, 0.29) is 42.4 Å². The van der Waals surface area contributed by atoms with Gasteiger partial charge in [-0.1, -0.05) is 68.1 Å². The van der Waals surface area contributed by atoms with Gasteiger partial charge in [0.05, 0.1) is 24.0 Å². The van der Waals surface area contributed by atoms with E-state index in [4.69, 9.17) is 9.47 Å². The molecule has 2 amide bonds. The van der Waals surface area contributed by atoms with Gasteiger partial charge in [-0.2, -0.15) is 0 Å². The molecule has 3 aliphatic heterocycles. The molecule has 2 aromatic rings. The van der Waals surface area contributed by atoms with Crippen molar-refractivity contribution in [2.45, 2.75) is 90.5 Å². The summed E-state index contributed by atoms with van der Waals surface area (Å²) in [5.74, 6) is 0.547. The molecular formula is C35H47ClN2O5. The normalized spacial score (nSPS) is 23.2. The van der Waals surface area contributed by atoms with Gasteiger partial charge < -0.3 is 19.3 Å². The first kappa shape index (κ1) is 33.2. The standard InChI is InChI=1S/C18H23NO3.C16H19NO2.CH4.ClH/c20-16-17(6-8-18(9-7-17)21-12-13-22-18)10-11-19(16)14-15-4-2-1-3-5-15;18-14-6-8-16(9-7-14)10-11-17(15(16)19)12-13-4-2-1-3-5-13;;/h1-5H,6-14H2;1-5H,6-12H2;1H4;1H. The van der Waals surface area contributed by atoms with Crippen LogP contribution in [0.15, 0.2) is 60.7 Å². The van der Waals surface area contributed by atoms with E-state index >= 15 is 0 Å². The largest absolute Gasteiger partial charge is 0.348 e. The molecule has 3 saturated heterocycles. The Hall–Kier alpha value is -2.74. The van der Waals surface area contributed by atoms with Crippen molar-refractivity contribution in [3.63, 3.8) is 0 Å². The second-order valence-electron chi connectivity index (χ2n) is 12.6. The van der Waals surface area contributed by atoms with E-state index in [9.17, 15) is 14.4 Å². The van der Waals surface area contributed by atoms with Crippen LogP contribution in [0, 0.1) is 10.8 Å². The summed E-state index contributed by atoms with van der Waals surface area (Å²) in [5, 5.41) is 0. The van der Waals surface area contributed by atoms with Gasteiger partial charge in [-0.3, -0.25) is 14.4 Å². The Bertz CT molecular complexity index is 1230. The number of nitrogens with zero attached hydrogens (tertiary/aromatic N) is 2. The van der Waals surface area contributed by atoms with E-state index in [1.807, 2.05) is 46.2 Å². The topological polar surface area (TPSA) is 76.2 Å². The number of ketones is 1. The molecule has 2 saturated carbocycles. The third-order valence-electron chi connectivity index (χ3n) is 10.2. The van der Waals surface area contributed by atoms with Gasteiger partial charge in [-0.15, -0.1) is 12.4 Å². The molecule has 3 spiro atoms. The van der Waals surface area contributed by atoms with Crippen LogP contribution < -0.4 is 0 Å². The fraction of sp³-hybridized carbons (Fsp3) is 0.571. The van der Waals surface area contributed by atoms with E-state index < -0.39 is 0 Å². The molecule has 3 heterocycles. The minimum atomic E-state index is -0.377. The molecule has 2 aromatic carbocycles. The molecule has 0 radical (unpaired) electrons. The minimum Gasteiger partial charge on any atom is -0.348 e. The summed E-state index contributed by atoms with van der Waals surface area (Å²) in [6, 6.07) is 20.4. The first-order valence-corrected chi connectivity index (χ1v) is 15.4. The van der Waals surface area contributed by atoms with E-state index in [0.29, 0.717) is 44.3 Å². The van der Waals surface area contributed by atoms with Crippen molar-refractivity contribution in [2.75, 3.05) is 26.3 Å². The maximum atomic E-state index is 12.9. The Morgan fingerprint density at radius 2 is 1.00 bits per heavy atom. The van der Waals surface area contributed by atoms with Crippen molar-refractivity contribution < 1.29 is 23.9 Å². The maximum Gasteiger partial charge on any atom is 0.229 e. The highest BCUT2D eigenvalue weighted by Gasteiger charge is 2.53. The Morgan fingerprint density at radius 3 is 1.44 bits per heavy atom. The third kappa shape index (κ3) is 7.00. The van der Waals surface area contributed by atoms with Gasteiger partial charge in [0.25, 0.3) is 0 Å². The van der Waals surface area contributed by atoms with Gasteiger partial charge in [0.1, 0.15) is 5.78 Å². The average Bonchev–Trinajstić information content (AvgIpc) is 3.68. The number of benzene rings is 2. The van der Waals surface area contributed by atoms with Gasteiger partial charge in [0, 0.05) is 51.9 Å². The number of likely N-dealkylation sites (tertiary alicyclic amines) is 2. The molecule has 7 nitrogen and oxygen atoms in total. The average molecular weight is 611 g/mol. The lowest BCUT2D eigenvalue weighted by atomic mass is 9.71. The molecule has 5 fully saturated rings. The van der Waals surface area contributed by atoms with Gasteiger partial charge >= 0.3 is 0 Å². The third-order valence-corrected chi connectivity index (χ3v) is 10.2. The van der Waals surface area contributed by atoms with Crippen molar-refractivity contribution in [3.8, 4) is 0 Å². The first-order chi connectivity index (χ1) is 19.9. The quantitative estimate of drug-likeness (QED) is 0.404. The van der Waals surface area contributed by atoms with Crippen molar-refractivity contribution in [3.05, 3.63) is 71.8 Å². The smallest absolute Gasteiger partial charge is 0.229 e. The second kappa shape index (κ2) is 13.9. The van der Waals surface area contributed by atoms with Crippen LogP contribution in [-0.4, -0.2) is 59.5 Å². The second-order valence-corrected chi connectivity index (χ2v) is 12.6. The molecule has 0 unspecified atom stereocenters. The van der Waals surface area contributed by atoms with Crippen LogP contribution >= 0.6 is 12.4 Å². The number of hydrogen-bond acceptors (Lipinski definition) is 5. The predicted octanol–water partition coefficient (Wildman–Crippen LogP) is 6.33. The number of halogens is 1. The lowest BCUT2D eigenvalue weighted by molar-refractivity contribution is -0.192. The SMILES string of the molecule is C.Cl.O=C1CCC2(CC1)CCN(Cc1ccccc1)C2=O.O=C1N(Cc2ccccc2)CCC12CCC1(CC2)OCCO1. The van der Waals surface area contributed by atoms with Crippen molar-refractivity contribution >= 4 is 30.0 Å². The molecule has 2 aliphatic carbocycles. The maximum absolute atomic E-state index is 12.9. The van der Waals surface area contributed by atoms with Gasteiger partial charge in [0.15, 0.2) is 5.79 Å². The number of amides is 2. The minimum absolute atomic E-state index is 0. The first-order valence-electron chi connectivity index (χ1n) is 15.4. The monoisotopic (exact) mass is 610 g/mol. The summed E-state index contributed by atoms with van der Waals surface area (Å²) in [6.45, 7) is 4.54. The van der Waals surface area contributed by atoms with Gasteiger partial charge in [-0.05, 0) is 49.7 Å². The summed E-state index contributed by atoms with van der Waals surface area (Å²) >= 11 is 0. The molecule has 5 aliphatic rings. The number of ether oxygens (including phenoxy) is 2. The number of carbonyl (C=O) groups is 3. The molecule has 0 atom stereocenters. The predicted molar refractivity (Wildman–Crippen MR) is 168 cm³/mol. The van der Waals surface area contributed by atoms with Crippen LogP contribution in [0.4, 0.5) is 0 Å². The molecule has 234 valence electrons. The number of hydrogen-bond donors (Lipinski definition) is 0. The molecular weight excluding hydrogens is 564 g/mol. The van der Waals surface area contributed by atoms with E-state index in [0.717, 1.165) is 71.0 Å². The van der Waals surface area contributed by atoms with E-state index in [2.05, 4.69) is 24.3 Å². The fourth-order valence-corrected chi connectivity index (χ4v) is 7.53. The summed E-state index contributed by atoms with van der Waals surface area (Å²) in [6.07, 6.45) is 8.12. The summed E-state index contributed by atoms with van der Waals surface area (Å²) in [5.41, 5.74) is 2.01. The molecule has 7 rings (SSSR count). The van der Waals surface area contributed by atoms with Crippen molar-refractivity contribution in [1.29, 1.82) is 0 Å². The molecule has 0 bridgehead atoms. The molecule has 8 heteroatoms. The van der Waals surface area contributed by atoms with Crippen molar-refractivity contribution in [2.24, 2.45) is 10.8 Å². The zero-order valence-electron chi connectivity index (χ0n) is 24.4. The molecule has 0 N–H and O–H groups in total. The van der Waals surface area contributed by atoms with E-state index in [1.165, 1.54) is 11.1 Å². The lowest BCUT2D eigenvalue weighted by Crippen LogP contribution is -2.43. The van der Waals surface area contributed by atoms with Crippen LogP contribution in [0.5, 0.6) is 0 Å². The summed E-state index contributed by atoms with van der Waals surface area (Å²) < 4.78 is 11.6. The van der Waals surface area contributed by atoms with E-state index in [1.54, 1.807) is 0 Å². The van der Waals surface area contributed by atoms with Crippen LogP contribution in [0.2, 0.25) is 0 Å². The van der Waals surface area contributed by atoms with Crippen LogP contribution in [-0.2, 0) is 36.9 Å². The summed E-state index contributed by atoms with van der Waals surface area (Å²) in [7, 11) is 0. The zero-order chi connectivity index (χ0) is 28.3. The summed E-state index contributed by atoms with van der Waals surface area (Å²) in [4.78, 5) is 40.9. The number of carbonyl (C=O) groups excluding carboxylic acids is 3. The highest BCUT2D eigenvalue weighted by molar-refractivity contribution is 5.89. The Balaban J connectivity index is 0.000000190. The number of rotatable bonds is 4. The van der Waals surface area contributed by atoms with Crippen LogP contribution in [0.1, 0.15) is 82.8 Å². The Labute approximate surface area is 262 Å². The molecule has 43 heavy (non-hydrogen) atoms. The zero-order valence-corrected chi connectivity index (χ0v) is 25.2. The highest BCUT2D eigenvalue weighted by atomic mass is 35.5. The Morgan fingerprint density at radius 1 is 0.581 bits per heavy atom. The molecule has 0 aromatic heterocycles. The van der Waals surface area contributed by atoms with Crippen LogP contribution in [0.3, 0.4) is 0 Å². The number of Topliss-reactive ketones (excluding diaryl/α,β-unsaturated/α-hetero) is 1. The highest BCUT2D eigenvalue weighted by Crippen LogP contribution is 2.50. The van der Waals surface area contributed by atoms with Gasteiger partial charge in [-0.25, -0.2) is 0 Å².